The van der Waals surface area contributed by atoms with Gasteiger partial charge in [0.15, 0.2) is 0 Å². The van der Waals surface area contributed by atoms with Crippen LogP contribution in [0.15, 0.2) is 42.5 Å². The van der Waals surface area contributed by atoms with E-state index >= 15 is 0 Å². The summed E-state index contributed by atoms with van der Waals surface area (Å²) < 4.78 is 0. The summed E-state index contributed by atoms with van der Waals surface area (Å²) in [5.41, 5.74) is 3.14. The van der Waals surface area contributed by atoms with Crippen LogP contribution in [0, 0.1) is 13.8 Å². The maximum Gasteiger partial charge on any atom is 0.258 e. The van der Waals surface area contributed by atoms with Gasteiger partial charge in [0.25, 0.3) is 5.91 Å². The number of amides is 1. The first-order chi connectivity index (χ1) is 9.00. The molecule has 0 bridgehead atoms. The molecule has 2 rings (SSSR count). The number of aryl methyl sites for hydroxylation is 2. The highest BCUT2D eigenvalue weighted by Gasteiger charge is 2.15. The number of carbonyl (C=O) groups excluding carboxylic acids is 1. The molecule has 0 atom stereocenters. The largest absolute Gasteiger partial charge is 0.508 e. The Morgan fingerprint density at radius 1 is 1.05 bits per heavy atom. The molecule has 2 aromatic rings. The van der Waals surface area contributed by atoms with Gasteiger partial charge in [-0.3, -0.25) is 4.79 Å². The quantitative estimate of drug-likeness (QED) is 0.894. The Labute approximate surface area is 113 Å². The Morgan fingerprint density at radius 3 is 2.37 bits per heavy atom. The van der Waals surface area contributed by atoms with Crippen molar-refractivity contribution in [2.75, 3.05) is 11.9 Å². The number of benzene rings is 2. The number of aromatic hydroxyl groups is 1. The second-order valence-electron chi connectivity index (χ2n) is 4.65. The normalized spacial score (nSPS) is 10.3. The fraction of sp³-hybridized carbons (Fsp3) is 0.188. The maximum atomic E-state index is 12.4. The van der Waals surface area contributed by atoms with Crippen molar-refractivity contribution in [2.45, 2.75) is 13.8 Å². The van der Waals surface area contributed by atoms with E-state index in [0.717, 1.165) is 16.8 Å². The van der Waals surface area contributed by atoms with Gasteiger partial charge in [0, 0.05) is 18.3 Å². The molecular formula is C16H17NO2. The predicted octanol–water partition coefficient (Wildman–Crippen LogP) is 3.29. The summed E-state index contributed by atoms with van der Waals surface area (Å²) in [5.74, 6) is 0.00799. The van der Waals surface area contributed by atoms with Gasteiger partial charge in [-0.05, 0) is 43.2 Å². The zero-order valence-corrected chi connectivity index (χ0v) is 11.3. The lowest BCUT2D eigenvalue weighted by molar-refractivity contribution is 0.0992. The molecule has 0 saturated heterocycles. The summed E-state index contributed by atoms with van der Waals surface area (Å²) >= 11 is 0. The van der Waals surface area contributed by atoms with Crippen LogP contribution in [-0.2, 0) is 0 Å². The highest BCUT2D eigenvalue weighted by Crippen LogP contribution is 2.22. The zero-order chi connectivity index (χ0) is 14.0. The van der Waals surface area contributed by atoms with E-state index in [1.165, 1.54) is 6.07 Å². The summed E-state index contributed by atoms with van der Waals surface area (Å²) in [6.45, 7) is 3.76. The van der Waals surface area contributed by atoms with Gasteiger partial charge >= 0.3 is 0 Å². The first-order valence-corrected chi connectivity index (χ1v) is 6.14. The minimum absolute atomic E-state index is 0.135. The van der Waals surface area contributed by atoms with Crippen LogP contribution < -0.4 is 4.90 Å². The van der Waals surface area contributed by atoms with Crippen molar-refractivity contribution in [3.8, 4) is 5.75 Å². The van der Waals surface area contributed by atoms with E-state index in [1.54, 1.807) is 31.0 Å². The lowest BCUT2D eigenvalue weighted by Crippen LogP contribution is -2.26. The first kappa shape index (κ1) is 13.1. The fourth-order valence-electron chi connectivity index (χ4n) is 1.99. The standard InChI is InChI=1S/C16H17NO2/c1-11-6-4-5-7-14(11)17(3)16(19)13-9-8-12(2)15(18)10-13/h4-10,18H,1-3H3. The molecule has 0 aromatic heterocycles. The van der Waals surface area contributed by atoms with E-state index in [-0.39, 0.29) is 11.7 Å². The summed E-state index contributed by atoms with van der Waals surface area (Å²) in [7, 11) is 1.74. The first-order valence-electron chi connectivity index (χ1n) is 6.14. The Morgan fingerprint density at radius 2 is 1.74 bits per heavy atom. The van der Waals surface area contributed by atoms with Gasteiger partial charge in [-0.2, -0.15) is 0 Å². The average Bonchev–Trinajstić information content (AvgIpc) is 2.41. The van der Waals surface area contributed by atoms with Crippen molar-refractivity contribution in [1.29, 1.82) is 0 Å². The van der Waals surface area contributed by atoms with Crippen molar-refractivity contribution < 1.29 is 9.90 Å². The van der Waals surface area contributed by atoms with Crippen LogP contribution in [0.25, 0.3) is 0 Å². The van der Waals surface area contributed by atoms with Crippen LogP contribution in [0.5, 0.6) is 5.75 Å². The Balaban J connectivity index is 2.34. The second-order valence-corrected chi connectivity index (χ2v) is 4.65. The van der Waals surface area contributed by atoms with E-state index in [9.17, 15) is 9.90 Å². The fourth-order valence-corrected chi connectivity index (χ4v) is 1.99. The summed E-state index contributed by atoms with van der Waals surface area (Å²) in [6.07, 6.45) is 0. The second kappa shape index (κ2) is 5.14. The van der Waals surface area contributed by atoms with E-state index < -0.39 is 0 Å². The van der Waals surface area contributed by atoms with Crippen LogP contribution >= 0.6 is 0 Å². The molecule has 3 heteroatoms. The van der Waals surface area contributed by atoms with Gasteiger partial charge < -0.3 is 10.0 Å². The molecule has 2 aromatic carbocycles. The maximum absolute atomic E-state index is 12.4. The molecule has 19 heavy (non-hydrogen) atoms. The van der Waals surface area contributed by atoms with Crippen molar-refractivity contribution in [1.82, 2.24) is 0 Å². The molecule has 0 fully saturated rings. The summed E-state index contributed by atoms with van der Waals surface area (Å²) in [6, 6.07) is 12.7. The topological polar surface area (TPSA) is 40.5 Å². The number of para-hydroxylation sites is 1. The molecule has 1 amide bonds. The van der Waals surface area contributed by atoms with E-state index in [4.69, 9.17) is 0 Å². The summed E-state index contributed by atoms with van der Waals surface area (Å²) in [4.78, 5) is 14.0. The number of phenolic OH excluding ortho intramolecular Hbond substituents is 1. The van der Waals surface area contributed by atoms with Gasteiger partial charge in [-0.15, -0.1) is 0 Å². The van der Waals surface area contributed by atoms with Gasteiger partial charge in [-0.1, -0.05) is 24.3 Å². The summed E-state index contributed by atoms with van der Waals surface area (Å²) in [5, 5.41) is 9.69. The number of phenols is 1. The van der Waals surface area contributed by atoms with Gasteiger partial charge in [0.1, 0.15) is 5.75 Å². The number of rotatable bonds is 2. The number of hydrogen-bond donors (Lipinski definition) is 1. The highest BCUT2D eigenvalue weighted by atomic mass is 16.3. The number of hydrogen-bond acceptors (Lipinski definition) is 2. The van der Waals surface area contributed by atoms with E-state index in [0.29, 0.717) is 5.56 Å². The molecule has 1 N–H and O–H groups in total. The Kier molecular flexibility index (Phi) is 3.56. The van der Waals surface area contributed by atoms with E-state index in [2.05, 4.69) is 0 Å². The van der Waals surface area contributed by atoms with Gasteiger partial charge in [0.2, 0.25) is 0 Å². The van der Waals surface area contributed by atoms with Crippen LogP contribution in [0.3, 0.4) is 0 Å². The molecule has 0 aliphatic carbocycles. The third-order valence-electron chi connectivity index (χ3n) is 3.24. The van der Waals surface area contributed by atoms with Crippen molar-refractivity contribution in [3.05, 3.63) is 59.2 Å². The van der Waals surface area contributed by atoms with Crippen molar-refractivity contribution >= 4 is 11.6 Å². The van der Waals surface area contributed by atoms with Crippen LogP contribution in [0.4, 0.5) is 5.69 Å². The van der Waals surface area contributed by atoms with Crippen LogP contribution in [0.1, 0.15) is 21.5 Å². The van der Waals surface area contributed by atoms with Crippen LogP contribution in [0.2, 0.25) is 0 Å². The smallest absolute Gasteiger partial charge is 0.258 e. The third kappa shape index (κ3) is 2.60. The molecule has 98 valence electrons. The van der Waals surface area contributed by atoms with Crippen molar-refractivity contribution in [3.63, 3.8) is 0 Å². The molecular weight excluding hydrogens is 238 g/mol. The lowest BCUT2D eigenvalue weighted by atomic mass is 10.1. The third-order valence-corrected chi connectivity index (χ3v) is 3.24. The number of anilines is 1. The Bertz CT molecular complexity index is 620. The SMILES string of the molecule is Cc1ccc(C(=O)N(C)c2ccccc2C)cc1O. The molecule has 0 saturated carbocycles. The van der Waals surface area contributed by atoms with Gasteiger partial charge in [0.05, 0.1) is 0 Å². The number of carbonyl (C=O) groups is 1. The monoisotopic (exact) mass is 255 g/mol. The highest BCUT2D eigenvalue weighted by molar-refractivity contribution is 6.06. The minimum Gasteiger partial charge on any atom is -0.508 e. The molecule has 0 heterocycles. The molecule has 0 unspecified atom stereocenters. The Hall–Kier alpha value is -2.29. The van der Waals surface area contributed by atoms with E-state index in [1.807, 2.05) is 31.2 Å². The van der Waals surface area contributed by atoms with Crippen molar-refractivity contribution in [2.24, 2.45) is 0 Å². The lowest BCUT2D eigenvalue weighted by Gasteiger charge is -2.19. The molecule has 0 spiro atoms. The minimum atomic E-state index is -0.135. The average molecular weight is 255 g/mol. The molecule has 0 aliphatic heterocycles. The van der Waals surface area contributed by atoms with Crippen LogP contribution in [-0.4, -0.2) is 18.1 Å². The van der Waals surface area contributed by atoms with Gasteiger partial charge in [-0.25, -0.2) is 0 Å². The zero-order valence-electron chi connectivity index (χ0n) is 11.3. The predicted molar refractivity (Wildman–Crippen MR) is 76.8 cm³/mol. The molecule has 0 radical (unpaired) electrons. The molecule has 3 nitrogen and oxygen atoms in total. The molecule has 0 aliphatic rings. The number of nitrogens with zero attached hydrogens (tertiary/aromatic N) is 1.